The van der Waals surface area contributed by atoms with Crippen molar-refractivity contribution in [1.29, 1.82) is 0 Å². The molecule has 5 heteroatoms. The summed E-state index contributed by atoms with van der Waals surface area (Å²) in [7, 11) is 0. The van der Waals surface area contributed by atoms with Crippen LogP contribution in [0.4, 0.5) is 0 Å². The van der Waals surface area contributed by atoms with E-state index in [1.54, 1.807) is 6.20 Å². The first-order valence-electron chi connectivity index (χ1n) is 5.75. The first kappa shape index (κ1) is 11.1. The number of aryl methyl sites for hydroxylation is 1. The third-order valence-corrected chi connectivity index (χ3v) is 3.21. The monoisotopic (exact) mass is 222 g/mol. The number of hydrogen-bond acceptors (Lipinski definition) is 3. The van der Waals surface area contributed by atoms with E-state index in [-0.39, 0.29) is 18.0 Å². The Morgan fingerprint density at radius 2 is 2.31 bits per heavy atom. The summed E-state index contributed by atoms with van der Waals surface area (Å²) in [6.45, 7) is 1.84. The minimum atomic E-state index is -0.0754. The Morgan fingerprint density at radius 3 is 2.94 bits per heavy atom. The molecular formula is C11H18N4O. The van der Waals surface area contributed by atoms with E-state index in [4.69, 9.17) is 5.73 Å². The van der Waals surface area contributed by atoms with Gasteiger partial charge in [-0.15, -0.1) is 0 Å². The number of carbonyl (C=O) groups is 1. The van der Waals surface area contributed by atoms with Crippen LogP contribution >= 0.6 is 0 Å². The zero-order valence-corrected chi connectivity index (χ0v) is 9.49. The van der Waals surface area contributed by atoms with Gasteiger partial charge in [-0.25, -0.2) is 0 Å². The Hall–Kier alpha value is -1.36. The molecule has 1 aromatic rings. The van der Waals surface area contributed by atoms with Gasteiger partial charge < -0.3 is 11.1 Å². The minimum absolute atomic E-state index is 0.0754. The lowest BCUT2D eigenvalue weighted by Gasteiger charge is -2.29. The van der Waals surface area contributed by atoms with Gasteiger partial charge in [0.05, 0.1) is 11.8 Å². The van der Waals surface area contributed by atoms with Crippen molar-refractivity contribution in [2.24, 2.45) is 5.73 Å². The summed E-state index contributed by atoms with van der Waals surface area (Å²) in [5.41, 5.74) is 7.38. The smallest absolute Gasteiger partial charge is 0.255 e. The number of carbonyl (C=O) groups excluding carboxylic acids is 1. The largest absolute Gasteiger partial charge is 0.348 e. The van der Waals surface area contributed by atoms with Crippen LogP contribution in [0.5, 0.6) is 0 Å². The van der Waals surface area contributed by atoms with E-state index in [0.717, 1.165) is 31.4 Å². The maximum absolute atomic E-state index is 11.9. The molecule has 0 bridgehead atoms. The molecule has 4 N–H and O–H groups in total. The number of H-pyrrole nitrogens is 1. The van der Waals surface area contributed by atoms with Gasteiger partial charge in [-0.1, -0.05) is 12.8 Å². The van der Waals surface area contributed by atoms with Crippen LogP contribution in [-0.4, -0.2) is 28.2 Å². The molecule has 0 spiro atoms. The fourth-order valence-electron chi connectivity index (χ4n) is 2.16. The van der Waals surface area contributed by atoms with Gasteiger partial charge in [0.1, 0.15) is 0 Å². The van der Waals surface area contributed by atoms with Crippen LogP contribution in [0, 0.1) is 6.92 Å². The molecule has 2 rings (SSSR count). The standard InChI is InChI=1S/C11H18N4O/c1-7-8(6-13-15-7)11(16)14-10-5-3-2-4-9(10)12/h6,9-10H,2-5,12H2,1H3,(H,13,15)(H,14,16)/t9-,10+/m0/s1. The highest BCUT2D eigenvalue weighted by molar-refractivity contribution is 5.95. The van der Waals surface area contributed by atoms with Crippen molar-refractivity contribution in [3.63, 3.8) is 0 Å². The molecule has 1 aliphatic rings. The average Bonchev–Trinajstić information content (AvgIpc) is 2.68. The number of nitrogens with zero attached hydrogens (tertiary/aromatic N) is 1. The van der Waals surface area contributed by atoms with Gasteiger partial charge in [0.2, 0.25) is 0 Å². The summed E-state index contributed by atoms with van der Waals surface area (Å²) >= 11 is 0. The number of rotatable bonds is 2. The first-order valence-corrected chi connectivity index (χ1v) is 5.75. The number of aromatic amines is 1. The lowest BCUT2D eigenvalue weighted by molar-refractivity contribution is 0.0920. The highest BCUT2D eigenvalue weighted by atomic mass is 16.1. The summed E-state index contributed by atoms with van der Waals surface area (Å²) in [5.74, 6) is -0.0754. The SMILES string of the molecule is Cc1[nH]ncc1C(=O)N[C@@H]1CCCC[C@@H]1N. The molecule has 16 heavy (non-hydrogen) atoms. The second-order valence-electron chi connectivity index (χ2n) is 4.44. The number of aromatic nitrogens is 2. The fraction of sp³-hybridized carbons (Fsp3) is 0.636. The van der Waals surface area contributed by atoms with Crippen molar-refractivity contribution >= 4 is 5.91 Å². The zero-order chi connectivity index (χ0) is 11.5. The molecule has 0 saturated heterocycles. The van der Waals surface area contributed by atoms with Gasteiger partial charge in [-0.3, -0.25) is 9.89 Å². The Morgan fingerprint density at radius 1 is 1.56 bits per heavy atom. The Balaban J connectivity index is 1.99. The van der Waals surface area contributed by atoms with Crippen LogP contribution in [0.25, 0.3) is 0 Å². The number of nitrogens with one attached hydrogen (secondary N) is 2. The predicted octanol–water partition coefficient (Wildman–Crippen LogP) is 0.718. The van der Waals surface area contributed by atoms with Gasteiger partial charge >= 0.3 is 0 Å². The predicted molar refractivity (Wildman–Crippen MR) is 61.0 cm³/mol. The molecule has 1 aromatic heterocycles. The molecule has 1 heterocycles. The highest BCUT2D eigenvalue weighted by Gasteiger charge is 2.24. The van der Waals surface area contributed by atoms with Gasteiger partial charge in [-0.2, -0.15) is 5.10 Å². The topological polar surface area (TPSA) is 83.8 Å². The van der Waals surface area contributed by atoms with Crippen molar-refractivity contribution in [3.8, 4) is 0 Å². The summed E-state index contributed by atoms with van der Waals surface area (Å²) in [5, 5.41) is 9.58. The highest BCUT2D eigenvalue weighted by Crippen LogP contribution is 2.17. The van der Waals surface area contributed by atoms with Crippen LogP contribution in [0.15, 0.2) is 6.20 Å². The Labute approximate surface area is 94.8 Å². The molecule has 88 valence electrons. The van der Waals surface area contributed by atoms with E-state index in [1.165, 1.54) is 0 Å². The van der Waals surface area contributed by atoms with Gasteiger partial charge in [-0.05, 0) is 19.8 Å². The minimum Gasteiger partial charge on any atom is -0.348 e. The van der Waals surface area contributed by atoms with Crippen LogP contribution in [0.1, 0.15) is 41.7 Å². The molecule has 1 fully saturated rings. The molecule has 0 aliphatic heterocycles. The molecule has 5 nitrogen and oxygen atoms in total. The van der Waals surface area contributed by atoms with Crippen molar-refractivity contribution < 1.29 is 4.79 Å². The molecule has 1 amide bonds. The van der Waals surface area contributed by atoms with Gasteiger partial charge in [0.15, 0.2) is 0 Å². The summed E-state index contributed by atoms with van der Waals surface area (Å²) < 4.78 is 0. The normalized spacial score (nSPS) is 25.4. The molecule has 2 atom stereocenters. The number of hydrogen-bond donors (Lipinski definition) is 3. The first-order chi connectivity index (χ1) is 7.68. The summed E-state index contributed by atoms with van der Waals surface area (Å²) in [6.07, 6.45) is 5.83. The van der Waals surface area contributed by atoms with E-state index >= 15 is 0 Å². The van der Waals surface area contributed by atoms with Crippen molar-refractivity contribution in [3.05, 3.63) is 17.5 Å². The van der Waals surface area contributed by atoms with Crippen molar-refractivity contribution in [1.82, 2.24) is 15.5 Å². The molecule has 0 aromatic carbocycles. The Bertz CT molecular complexity index is 374. The van der Waals surface area contributed by atoms with E-state index in [1.807, 2.05) is 6.92 Å². The van der Waals surface area contributed by atoms with Gasteiger partial charge in [0, 0.05) is 17.8 Å². The van der Waals surface area contributed by atoms with Crippen LogP contribution in [0.3, 0.4) is 0 Å². The second-order valence-corrected chi connectivity index (χ2v) is 4.44. The fourth-order valence-corrected chi connectivity index (χ4v) is 2.16. The Kier molecular flexibility index (Phi) is 3.24. The second kappa shape index (κ2) is 4.65. The number of amides is 1. The van der Waals surface area contributed by atoms with Crippen molar-refractivity contribution in [2.75, 3.05) is 0 Å². The van der Waals surface area contributed by atoms with E-state index in [9.17, 15) is 4.79 Å². The quantitative estimate of drug-likeness (QED) is 0.689. The van der Waals surface area contributed by atoms with Gasteiger partial charge in [0.25, 0.3) is 5.91 Å². The average molecular weight is 222 g/mol. The maximum Gasteiger partial charge on any atom is 0.255 e. The molecule has 1 saturated carbocycles. The molecule has 1 aliphatic carbocycles. The lowest BCUT2D eigenvalue weighted by Crippen LogP contribution is -2.49. The summed E-state index contributed by atoms with van der Waals surface area (Å²) in [4.78, 5) is 11.9. The summed E-state index contributed by atoms with van der Waals surface area (Å²) in [6, 6.07) is 0.195. The van der Waals surface area contributed by atoms with Crippen LogP contribution < -0.4 is 11.1 Å². The molecule has 0 radical (unpaired) electrons. The van der Waals surface area contributed by atoms with Crippen molar-refractivity contribution in [2.45, 2.75) is 44.7 Å². The van der Waals surface area contributed by atoms with E-state index < -0.39 is 0 Å². The lowest BCUT2D eigenvalue weighted by atomic mass is 9.91. The zero-order valence-electron chi connectivity index (χ0n) is 9.49. The van der Waals surface area contributed by atoms with E-state index in [2.05, 4.69) is 15.5 Å². The van der Waals surface area contributed by atoms with Crippen LogP contribution in [0.2, 0.25) is 0 Å². The number of nitrogens with two attached hydrogens (primary N) is 1. The third-order valence-electron chi connectivity index (χ3n) is 3.21. The third kappa shape index (κ3) is 2.24. The van der Waals surface area contributed by atoms with E-state index in [0.29, 0.717) is 5.56 Å². The molecule has 0 unspecified atom stereocenters. The molecular weight excluding hydrogens is 204 g/mol. The maximum atomic E-state index is 11.9. The van der Waals surface area contributed by atoms with Crippen LogP contribution in [-0.2, 0) is 0 Å².